The van der Waals surface area contributed by atoms with Gasteiger partial charge in [-0.25, -0.2) is 9.97 Å². The van der Waals surface area contributed by atoms with Gasteiger partial charge in [-0.1, -0.05) is 29.5 Å². The predicted octanol–water partition coefficient (Wildman–Crippen LogP) is 4.37. The number of aryl methyl sites for hydroxylation is 3. The minimum Gasteiger partial charge on any atom is -0.485 e. The molecule has 164 valence electrons. The number of para-hydroxylation sites is 2. The number of rotatable bonds is 6. The minimum atomic E-state index is -0.715. The van der Waals surface area contributed by atoms with Gasteiger partial charge in [0.25, 0.3) is 5.91 Å². The fourth-order valence-electron chi connectivity index (χ4n) is 3.92. The van der Waals surface area contributed by atoms with Gasteiger partial charge in [-0.2, -0.15) is 0 Å². The van der Waals surface area contributed by atoms with E-state index in [9.17, 15) is 4.79 Å². The van der Waals surface area contributed by atoms with Crippen LogP contribution >= 0.6 is 11.3 Å². The van der Waals surface area contributed by atoms with E-state index in [0.717, 1.165) is 28.7 Å². The van der Waals surface area contributed by atoms with Crippen LogP contribution < -0.4 is 14.4 Å². The third kappa shape index (κ3) is 4.05. The molecule has 5 rings (SSSR count). The van der Waals surface area contributed by atoms with Crippen LogP contribution in [0.1, 0.15) is 17.5 Å². The number of nitrogens with zero attached hydrogens (tertiary/aromatic N) is 4. The molecule has 0 unspecified atom stereocenters. The Morgan fingerprint density at radius 3 is 2.91 bits per heavy atom. The first-order valence-corrected chi connectivity index (χ1v) is 11.4. The number of thiazole rings is 1. The van der Waals surface area contributed by atoms with Gasteiger partial charge < -0.3 is 14.0 Å². The maximum Gasteiger partial charge on any atom is 0.273 e. The fraction of sp³-hybridized carbons (Fsp3) is 0.292. The van der Waals surface area contributed by atoms with Crippen molar-refractivity contribution in [1.29, 1.82) is 0 Å². The molecule has 1 aliphatic heterocycles. The molecule has 0 N–H and O–H groups in total. The van der Waals surface area contributed by atoms with Gasteiger partial charge in [-0.3, -0.25) is 9.69 Å². The monoisotopic (exact) mass is 448 g/mol. The molecule has 0 saturated heterocycles. The van der Waals surface area contributed by atoms with Crippen molar-refractivity contribution >= 4 is 32.6 Å². The minimum absolute atomic E-state index is 0.140. The van der Waals surface area contributed by atoms with Crippen LogP contribution in [-0.4, -0.2) is 39.7 Å². The zero-order valence-corrected chi connectivity index (χ0v) is 18.8. The second-order valence-electron chi connectivity index (χ2n) is 7.93. The molecular formula is C24H24N4O3S. The molecule has 8 heteroatoms. The first-order chi connectivity index (χ1) is 15.6. The molecule has 4 aromatic rings. The average Bonchev–Trinajstić information content (AvgIpc) is 3.46. The number of benzene rings is 2. The Balaban J connectivity index is 1.42. The van der Waals surface area contributed by atoms with Crippen molar-refractivity contribution in [1.82, 2.24) is 14.5 Å². The van der Waals surface area contributed by atoms with E-state index in [2.05, 4.69) is 31.0 Å². The van der Waals surface area contributed by atoms with Crippen molar-refractivity contribution in [2.24, 2.45) is 0 Å². The Morgan fingerprint density at radius 2 is 2.09 bits per heavy atom. The van der Waals surface area contributed by atoms with E-state index in [4.69, 9.17) is 14.5 Å². The molecule has 2 aromatic heterocycles. The first kappa shape index (κ1) is 20.5. The zero-order chi connectivity index (χ0) is 22.1. The lowest BCUT2D eigenvalue weighted by atomic mass is 10.1. The van der Waals surface area contributed by atoms with Crippen LogP contribution in [0.5, 0.6) is 11.5 Å². The van der Waals surface area contributed by atoms with E-state index in [1.54, 1.807) is 17.4 Å². The van der Waals surface area contributed by atoms with Gasteiger partial charge in [-0.15, -0.1) is 0 Å². The Hall–Kier alpha value is -3.39. The molecule has 0 saturated carbocycles. The molecule has 3 heterocycles. The van der Waals surface area contributed by atoms with Crippen LogP contribution in [0.3, 0.4) is 0 Å². The Labute approximate surface area is 190 Å². The van der Waals surface area contributed by atoms with E-state index in [1.807, 2.05) is 35.0 Å². The van der Waals surface area contributed by atoms with Gasteiger partial charge in [0.05, 0.1) is 16.5 Å². The maximum absolute atomic E-state index is 13.6. The molecule has 0 spiro atoms. The number of anilines is 1. The number of aromatic nitrogens is 3. The summed E-state index contributed by atoms with van der Waals surface area (Å²) in [7, 11) is 0. The molecule has 1 amide bonds. The number of hydrogen-bond acceptors (Lipinski definition) is 6. The summed E-state index contributed by atoms with van der Waals surface area (Å²) in [5, 5.41) is 0.687. The number of imidazole rings is 1. The topological polar surface area (TPSA) is 69.5 Å². The zero-order valence-electron chi connectivity index (χ0n) is 18.0. The highest BCUT2D eigenvalue weighted by Crippen LogP contribution is 2.34. The van der Waals surface area contributed by atoms with Gasteiger partial charge in [0, 0.05) is 25.5 Å². The van der Waals surface area contributed by atoms with Gasteiger partial charge in [0.2, 0.25) is 6.10 Å². The van der Waals surface area contributed by atoms with Crippen LogP contribution in [0.2, 0.25) is 0 Å². The predicted molar refractivity (Wildman–Crippen MR) is 125 cm³/mol. The van der Waals surface area contributed by atoms with Crippen molar-refractivity contribution in [2.45, 2.75) is 32.9 Å². The number of carbonyl (C=O) groups is 1. The fourth-order valence-corrected chi connectivity index (χ4v) is 5.09. The molecule has 7 nitrogen and oxygen atoms in total. The van der Waals surface area contributed by atoms with E-state index in [-0.39, 0.29) is 12.5 Å². The lowest BCUT2D eigenvalue weighted by molar-refractivity contribution is -0.127. The summed E-state index contributed by atoms with van der Waals surface area (Å²) >= 11 is 1.54. The summed E-state index contributed by atoms with van der Waals surface area (Å²) in [6.07, 6.45) is 5.51. The molecule has 0 fully saturated rings. The van der Waals surface area contributed by atoms with Gasteiger partial charge in [0.15, 0.2) is 16.6 Å². The molecule has 0 bridgehead atoms. The maximum atomic E-state index is 13.6. The number of fused-ring (bicyclic) bond motifs is 2. The van der Waals surface area contributed by atoms with Crippen LogP contribution in [-0.2, 0) is 11.3 Å². The number of carbonyl (C=O) groups excluding carboxylic acids is 1. The summed E-state index contributed by atoms with van der Waals surface area (Å²) in [6.45, 7) is 5.59. The summed E-state index contributed by atoms with van der Waals surface area (Å²) in [5.74, 6) is 1.11. The lowest BCUT2D eigenvalue weighted by Gasteiger charge is -2.29. The van der Waals surface area contributed by atoms with Crippen molar-refractivity contribution in [3.8, 4) is 11.5 Å². The summed E-state index contributed by atoms with van der Waals surface area (Å²) in [4.78, 5) is 24.3. The van der Waals surface area contributed by atoms with Gasteiger partial charge >= 0.3 is 0 Å². The lowest BCUT2D eigenvalue weighted by Crippen LogP contribution is -2.47. The summed E-state index contributed by atoms with van der Waals surface area (Å²) < 4.78 is 14.9. The van der Waals surface area contributed by atoms with Crippen LogP contribution in [0.15, 0.2) is 55.1 Å². The van der Waals surface area contributed by atoms with E-state index in [0.29, 0.717) is 23.2 Å². The second-order valence-corrected chi connectivity index (χ2v) is 8.94. The van der Waals surface area contributed by atoms with Crippen LogP contribution in [0.25, 0.3) is 10.2 Å². The summed E-state index contributed by atoms with van der Waals surface area (Å²) in [6, 6.07) is 11.7. The first-order valence-electron chi connectivity index (χ1n) is 10.6. The molecule has 1 atom stereocenters. The van der Waals surface area contributed by atoms with Crippen LogP contribution in [0.4, 0.5) is 5.13 Å². The average molecular weight is 449 g/mol. The SMILES string of the molecule is Cc1cc(C)c2nc(N(CCCn3ccnc3)C(=O)[C@H]3COc4ccccc4O3)sc2c1. The van der Waals surface area contributed by atoms with E-state index in [1.165, 1.54) is 16.9 Å². The number of amides is 1. The highest BCUT2D eigenvalue weighted by atomic mass is 32.1. The van der Waals surface area contributed by atoms with Crippen molar-refractivity contribution < 1.29 is 14.3 Å². The Morgan fingerprint density at radius 1 is 1.25 bits per heavy atom. The van der Waals surface area contributed by atoms with Gasteiger partial charge in [0.1, 0.15) is 6.61 Å². The molecule has 0 radical (unpaired) electrons. The molecular weight excluding hydrogens is 424 g/mol. The second kappa shape index (κ2) is 8.63. The smallest absolute Gasteiger partial charge is 0.273 e. The quantitative estimate of drug-likeness (QED) is 0.438. The van der Waals surface area contributed by atoms with Crippen molar-refractivity contribution in [3.63, 3.8) is 0 Å². The molecule has 1 aliphatic rings. The van der Waals surface area contributed by atoms with E-state index < -0.39 is 6.10 Å². The molecule has 2 aromatic carbocycles. The van der Waals surface area contributed by atoms with Crippen LogP contribution in [0, 0.1) is 13.8 Å². The summed E-state index contributed by atoms with van der Waals surface area (Å²) in [5.41, 5.74) is 3.23. The molecule has 0 aliphatic carbocycles. The van der Waals surface area contributed by atoms with Crippen molar-refractivity contribution in [2.75, 3.05) is 18.1 Å². The van der Waals surface area contributed by atoms with E-state index >= 15 is 0 Å². The molecule has 32 heavy (non-hydrogen) atoms. The Kier molecular flexibility index (Phi) is 5.53. The highest BCUT2D eigenvalue weighted by molar-refractivity contribution is 7.22. The van der Waals surface area contributed by atoms with Gasteiger partial charge in [-0.05, 0) is 49.6 Å². The third-order valence-corrected chi connectivity index (χ3v) is 6.48. The number of hydrogen-bond donors (Lipinski definition) is 0. The normalized spacial score (nSPS) is 15.1. The Bertz CT molecular complexity index is 1250. The standard InChI is InChI=1S/C24H24N4O3S/c1-16-12-17(2)22-21(13-16)32-24(26-22)28(10-5-9-27-11-8-25-15-27)23(29)20-14-30-18-6-3-4-7-19(18)31-20/h3-4,6-8,11-13,15,20H,5,9-10,14H2,1-2H3/t20-/m1/s1. The number of ether oxygens (including phenoxy) is 2. The largest absolute Gasteiger partial charge is 0.485 e. The highest BCUT2D eigenvalue weighted by Gasteiger charge is 2.33. The van der Waals surface area contributed by atoms with Crippen molar-refractivity contribution in [3.05, 3.63) is 66.2 Å². The third-order valence-electron chi connectivity index (χ3n) is 5.46.